The Kier molecular flexibility index (Phi) is 3.34. The molecule has 4 nitrogen and oxygen atoms in total. The number of nitrogens with two attached hydrogens (primary N) is 2. The normalized spacial score (nSPS) is 14.0. The molecule has 0 heterocycles. The van der Waals surface area contributed by atoms with Crippen LogP contribution in [0.4, 0.5) is 0 Å². The van der Waals surface area contributed by atoms with Gasteiger partial charge in [0.2, 0.25) is 0 Å². The van der Waals surface area contributed by atoms with E-state index in [0.29, 0.717) is 0 Å². The maximum absolute atomic E-state index is 5.24. The van der Waals surface area contributed by atoms with E-state index in [-0.39, 0.29) is 6.17 Å². The molecule has 0 aromatic carbocycles. The lowest BCUT2D eigenvalue weighted by Gasteiger charge is -2.13. The number of rotatable bonds is 3. The molecular formula is C4H12N4. The van der Waals surface area contributed by atoms with Crippen LogP contribution in [0.2, 0.25) is 0 Å². The number of hydrogen-bond donors (Lipinski definition) is 3. The molecule has 1 unspecified atom stereocenters. The van der Waals surface area contributed by atoms with E-state index in [2.05, 4.69) is 17.0 Å². The number of nitrogens with zero attached hydrogens (tertiary/aromatic N) is 1. The molecule has 48 valence electrons. The van der Waals surface area contributed by atoms with Crippen molar-refractivity contribution in [1.29, 1.82) is 0 Å². The summed E-state index contributed by atoms with van der Waals surface area (Å²) in [6.45, 7) is 3.28. The van der Waals surface area contributed by atoms with Crippen molar-refractivity contribution in [2.24, 2.45) is 16.5 Å². The van der Waals surface area contributed by atoms with Crippen LogP contribution >= 0.6 is 0 Å². The Morgan fingerprint density at radius 1 is 1.62 bits per heavy atom. The van der Waals surface area contributed by atoms with Gasteiger partial charge in [-0.2, -0.15) is 0 Å². The molecule has 5 N–H and O–H groups in total. The minimum Gasteiger partial charge on any atom is -0.313 e. The van der Waals surface area contributed by atoms with Gasteiger partial charge < -0.3 is 11.5 Å². The molecule has 0 fully saturated rings. The zero-order valence-corrected chi connectivity index (χ0v) is 4.96. The van der Waals surface area contributed by atoms with Gasteiger partial charge in [0.25, 0.3) is 0 Å². The number of likely N-dealkylation sites (N-methyl/N-ethyl adjacent to an activating group) is 1. The van der Waals surface area contributed by atoms with E-state index in [9.17, 15) is 0 Å². The van der Waals surface area contributed by atoms with Crippen LogP contribution in [0.15, 0.2) is 4.99 Å². The third-order valence-corrected chi connectivity index (χ3v) is 0.857. The summed E-state index contributed by atoms with van der Waals surface area (Å²) in [6.07, 6.45) is -0.688. The minimum atomic E-state index is -0.461. The van der Waals surface area contributed by atoms with Crippen molar-refractivity contribution in [1.82, 2.24) is 5.32 Å². The van der Waals surface area contributed by atoms with Gasteiger partial charge in [0, 0.05) is 0 Å². The van der Waals surface area contributed by atoms with Crippen molar-refractivity contribution in [3.8, 4) is 0 Å². The van der Waals surface area contributed by atoms with Crippen molar-refractivity contribution in [3.05, 3.63) is 0 Å². The largest absolute Gasteiger partial charge is 0.313 e. The van der Waals surface area contributed by atoms with Gasteiger partial charge in [-0.25, -0.2) is 0 Å². The first-order valence-corrected chi connectivity index (χ1v) is 2.36. The predicted octanol–water partition coefficient (Wildman–Crippen LogP) is -1.52. The van der Waals surface area contributed by atoms with Gasteiger partial charge in [-0.05, 0) is 13.8 Å². The van der Waals surface area contributed by atoms with Gasteiger partial charge in [0.1, 0.15) is 6.17 Å². The smallest absolute Gasteiger partial charge is 0.127 e. The Morgan fingerprint density at radius 2 is 2.12 bits per heavy atom. The third kappa shape index (κ3) is 2.02. The van der Waals surface area contributed by atoms with Crippen molar-refractivity contribution < 1.29 is 0 Å². The molecular weight excluding hydrogens is 104 g/mol. The van der Waals surface area contributed by atoms with Crippen LogP contribution in [0.1, 0.15) is 0 Å². The molecule has 4 heteroatoms. The van der Waals surface area contributed by atoms with Crippen LogP contribution < -0.4 is 16.8 Å². The Balaban J connectivity index is 3.51. The zero-order chi connectivity index (χ0) is 6.57. The van der Waals surface area contributed by atoms with Gasteiger partial charge in [-0.3, -0.25) is 10.3 Å². The summed E-state index contributed by atoms with van der Waals surface area (Å²) in [6, 6.07) is 0. The maximum Gasteiger partial charge on any atom is 0.127 e. The minimum absolute atomic E-state index is 0.227. The summed E-state index contributed by atoms with van der Waals surface area (Å²) in [5.41, 5.74) is 10.5. The van der Waals surface area contributed by atoms with Crippen LogP contribution in [0, 0.1) is 0 Å². The molecule has 0 aromatic heterocycles. The molecule has 0 amide bonds. The highest BCUT2D eigenvalue weighted by Gasteiger charge is 2.05. The summed E-state index contributed by atoms with van der Waals surface area (Å²) in [7, 11) is 1.73. The molecule has 0 aliphatic carbocycles. The fourth-order valence-electron chi connectivity index (χ4n) is 0.405. The fraction of sp³-hybridized carbons (Fsp3) is 0.750. The van der Waals surface area contributed by atoms with E-state index in [1.54, 1.807) is 7.05 Å². The number of aliphatic imine (C=N–C) groups is 1. The molecule has 1 atom stereocenters. The highest BCUT2D eigenvalue weighted by Crippen LogP contribution is 1.80. The van der Waals surface area contributed by atoms with Crippen LogP contribution in [0.25, 0.3) is 0 Å². The standard InChI is InChI=1S/C4H12N4/c1-7-4(8-2)3(5)6/h3-4,8H,1,5-6H2,2H3. The Bertz CT molecular complexity index is 70.4. The van der Waals surface area contributed by atoms with Gasteiger partial charge in [0.05, 0.1) is 6.17 Å². The summed E-state index contributed by atoms with van der Waals surface area (Å²) < 4.78 is 0. The summed E-state index contributed by atoms with van der Waals surface area (Å²) in [4.78, 5) is 3.59. The lowest BCUT2D eigenvalue weighted by Crippen LogP contribution is -2.48. The van der Waals surface area contributed by atoms with Crippen molar-refractivity contribution in [2.45, 2.75) is 12.3 Å². The highest BCUT2D eigenvalue weighted by molar-refractivity contribution is 5.24. The van der Waals surface area contributed by atoms with Gasteiger partial charge in [-0.1, -0.05) is 0 Å². The summed E-state index contributed by atoms with van der Waals surface area (Å²) in [5, 5.41) is 2.77. The van der Waals surface area contributed by atoms with Gasteiger partial charge in [0.15, 0.2) is 0 Å². The average molecular weight is 116 g/mol. The fourth-order valence-corrected chi connectivity index (χ4v) is 0.405. The lowest BCUT2D eigenvalue weighted by atomic mass is 10.4. The van der Waals surface area contributed by atoms with Gasteiger partial charge >= 0.3 is 0 Å². The SMILES string of the molecule is C=NC(NC)C(N)N. The van der Waals surface area contributed by atoms with Crippen LogP contribution in [-0.2, 0) is 0 Å². The number of nitrogens with one attached hydrogen (secondary N) is 1. The topological polar surface area (TPSA) is 76.4 Å². The van der Waals surface area contributed by atoms with E-state index in [1.165, 1.54) is 0 Å². The molecule has 0 spiro atoms. The van der Waals surface area contributed by atoms with Crippen molar-refractivity contribution in [3.63, 3.8) is 0 Å². The third-order valence-electron chi connectivity index (χ3n) is 0.857. The first-order chi connectivity index (χ1) is 3.72. The quantitative estimate of drug-likeness (QED) is 0.309. The Morgan fingerprint density at radius 3 is 2.12 bits per heavy atom. The van der Waals surface area contributed by atoms with E-state index >= 15 is 0 Å². The average Bonchev–Trinajstić information content (AvgIpc) is 1.69. The second kappa shape index (κ2) is 3.54. The first kappa shape index (κ1) is 7.55. The molecule has 8 heavy (non-hydrogen) atoms. The molecule has 0 aliphatic heterocycles. The summed E-state index contributed by atoms with van der Waals surface area (Å²) >= 11 is 0. The van der Waals surface area contributed by atoms with Gasteiger partial charge in [-0.15, -0.1) is 0 Å². The molecule has 0 radical (unpaired) electrons. The molecule has 0 rings (SSSR count). The Labute approximate surface area is 49.0 Å². The first-order valence-electron chi connectivity index (χ1n) is 2.36. The summed E-state index contributed by atoms with van der Waals surface area (Å²) in [5.74, 6) is 0. The van der Waals surface area contributed by atoms with E-state index in [0.717, 1.165) is 0 Å². The van der Waals surface area contributed by atoms with E-state index in [4.69, 9.17) is 11.5 Å². The molecule has 0 bridgehead atoms. The van der Waals surface area contributed by atoms with Crippen molar-refractivity contribution in [2.75, 3.05) is 7.05 Å². The monoisotopic (exact) mass is 116 g/mol. The highest BCUT2D eigenvalue weighted by atomic mass is 15.1. The zero-order valence-electron chi connectivity index (χ0n) is 4.96. The second-order valence-corrected chi connectivity index (χ2v) is 1.49. The molecule has 0 saturated heterocycles. The predicted molar refractivity (Wildman–Crippen MR) is 34.6 cm³/mol. The van der Waals surface area contributed by atoms with Crippen LogP contribution in [0.5, 0.6) is 0 Å². The van der Waals surface area contributed by atoms with Crippen LogP contribution in [-0.4, -0.2) is 26.1 Å². The molecule has 0 aromatic rings. The Hall–Kier alpha value is -0.450. The second-order valence-electron chi connectivity index (χ2n) is 1.49. The van der Waals surface area contributed by atoms with E-state index < -0.39 is 6.17 Å². The molecule has 0 saturated carbocycles. The molecule has 0 aliphatic rings. The number of hydrogen-bond acceptors (Lipinski definition) is 4. The van der Waals surface area contributed by atoms with E-state index in [1.807, 2.05) is 0 Å². The van der Waals surface area contributed by atoms with Crippen molar-refractivity contribution >= 4 is 6.72 Å². The van der Waals surface area contributed by atoms with Crippen LogP contribution in [0.3, 0.4) is 0 Å². The maximum atomic E-state index is 5.24. The lowest BCUT2D eigenvalue weighted by molar-refractivity contribution is 0.488.